The largest absolute Gasteiger partial charge is 0.387 e. The molecule has 2 heterocycles. The molecule has 2 aromatic carbocycles. The van der Waals surface area contributed by atoms with Crippen LogP contribution < -0.4 is 5.73 Å². The maximum Gasteiger partial charge on any atom is 0.248 e. The minimum atomic E-state index is -0.707. The van der Waals surface area contributed by atoms with E-state index in [4.69, 9.17) is 5.73 Å². The second-order valence-electron chi connectivity index (χ2n) is 8.95. The fraction of sp³-hybridized carbons (Fsp3) is 0.440. The molecule has 8 heteroatoms. The van der Waals surface area contributed by atoms with Gasteiger partial charge < -0.3 is 15.7 Å². The molecular formula is C25H29F2N3O3. The standard InChI is InChI=1S/C25H29F2N3O3/c26-22-5-2-6-23(27)21(22)14-29(24(32)15-31)9-10-30-19-7-8-20(30)13-18(12-19)16-3-1-4-17(11-16)25(28)33/h1-6,11,18-20,31H,7-10,12-15H2,(H2,28,33)/t18?,19-,20+. The summed E-state index contributed by atoms with van der Waals surface area (Å²) < 4.78 is 28.2. The van der Waals surface area contributed by atoms with E-state index in [0.29, 0.717) is 30.1 Å². The summed E-state index contributed by atoms with van der Waals surface area (Å²) in [5.74, 6) is -2.06. The number of aliphatic hydroxyl groups excluding tert-OH is 1. The van der Waals surface area contributed by atoms with Gasteiger partial charge in [0, 0.05) is 36.3 Å². The molecule has 6 nitrogen and oxygen atoms in total. The summed E-state index contributed by atoms with van der Waals surface area (Å²) in [6, 6.07) is 11.8. The van der Waals surface area contributed by atoms with E-state index < -0.39 is 30.1 Å². The van der Waals surface area contributed by atoms with Crippen molar-refractivity contribution in [3.63, 3.8) is 0 Å². The van der Waals surface area contributed by atoms with Crippen LogP contribution in [0.1, 0.15) is 53.1 Å². The zero-order valence-electron chi connectivity index (χ0n) is 18.4. The number of primary amides is 1. The number of nitrogens with two attached hydrogens (primary N) is 1. The molecule has 0 aromatic heterocycles. The van der Waals surface area contributed by atoms with Gasteiger partial charge in [-0.2, -0.15) is 0 Å². The fourth-order valence-electron chi connectivity index (χ4n) is 5.36. The van der Waals surface area contributed by atoms with Crippen LogP contribution in [0.4, 0.5) is 8.78 Å². The second-order valence-corrected chi connectivity index (χ2v) is 8.95. The minimum Gasteiger partial charge on any atom is -0.387 e. The van der Waals surface area contributed by atoms with E-state index in [9.17, 15) is 23.5 Å². The highest BCUT2D eigenvalue weighted by molar-refractivity contribution is 5.92. The van der Waals surface area contributed by atoms with Crippen molar-refractivity contribution in [1.82, 2.24) is 9.80 Å². The van der Waals surface area contributed by atoms with Crippen molar-refractivity contribution in [2.24, 2.45) is 5.73 Å². The number of carbonyl (C=O) groups is 2. The summed E-state index contributed by atoms with van der Waals surface area (Å²) >= 11 is 0. The number of nitrogens with zero attached hydrogens (tertiary/aromatic N) is 2. The predicted molar refractivity (Wildman–Crippen MR) is 119 cm³/mol. The average molecular weight is 458 g/mol. The van der Waals surface area contributed by atoms with E-state index in [0.717, 1.165) is 43.4 Å². The number of rotatable bonds is 8. The maximum absolute atomic E-state index is 14.1. The monoisotopic (exact) mass is 457 g/mol. The van der Waals surface area contributed by atoms with Gasteiger partial charge in [0.2, 0.25) is 11.8 Å². The van der Waals surface area contributed by atoms with Gasteiger partial charge in [0.1, 0.15) is 18.2 Å². The predicted octanol–water partition coefficient (Wildman–Crippen LogP) is 2.80. The van der Waals surface area contributed by atoms with E-state index in [1.807, 2.05) is 18.2 Å². The van der Waals surface area contributed by atoms with E-state index in [1.54, 1.807) is 6.07 Å². The number of aliphatic hydroxyl groups is 1. The number of amides is 2. The molecule has 33 heavy (non-hydrogen) atoms. The van der Waals surface area contributed by atoms with Gasteiger partial charge in [0.15, 0.2) is 0 Å². The Balaban J connectivity index is 1.42. The number of fused-ring (bicyclic) bond motifs is 2. The molecule has 4 rings (SSSR count). The third-order valence-corrected chi connectivity index (χ3v) is 7.05. The molecule has 2 aromatic rings. The normalized spacial score (nSPS) is 22.3. The zero-order valence-corrected chi connectivity index (χ0v) is 18.4. The number of piperidine rings is 1. The molecule has 2 fully saturated rings. The lowest BCUT2D eigenvalue weighted by molar-refractivity contribution is -0.135. The van der Waals surface area contributed by atoms with Gasteiger partial charge in [-0.25, -0.2) is 8.78 Å². The molecule has 1 unspecified atom stereocenters. The van der Waals surface area contributed by atoms with E-state index in [1.165, 1.54) is 11.0 Å². The Kier molecular flexibility index (Phi) is 7.05. The van der Waals surface area contributed by atoms with Crippen LogP contribution in [0.25, 0.3) is 0 Å². The van der Waals surface area contributed by atoms with Crippen molar-refractivity contribution in [3.8, 4) is 0 Å². The first-order chi connectivity index (χ1) is 15.9. The van der Waals surface area contributed by atoms with Gasteiger partial charge in [-0.3, -0.25) is 14.5 Å². The zero-order chi connectivity index (χ0) is 23.5. The van der Waals surface area contributed by atoms with Crippen LogP contribution in [0, 0.1) is 11.6 Å². The lowest BCUT2D eigenvalue weighted by atomic mass is 9.84. The molecule has 2 aliphatic heterocycles. The SMILES string of the molecule is NC(=O)c1cccc(C2C[C@H]3CC[C@@H](C2)N3CCN(Cc2c(F)cccc2F)C(=O)CO)c1. The smallest absolute Gasteiger partial charge is 0.248 e. The van der Waals surface area contributed by atoms with Crippen LogP contribution in [0.15, 0.2) is 42.5 Å². The van der Waals surface area contributed by atoms with Crippen molar-refractivity contribution < 1.29 is 23.5 Å². The molecule has 0 radical (unpaired) electrons. The van der Waals surface area contributed by atoms with Crippen LogP contribution in [0.5, 0.6) is 0 Å². The number of carbonyl (C=O) groups excluding carboxylic acids is 2. The number of hydrogen-bond donors (Lipinski definition) is 2. The van der Waals surface area contributed by atoms with Gasteiger partial charge in [-0.15, -0.1) is 0 Å². The quantitative estimate of drug-likeness (QED) is 0.638. The summed E-state index contributed by atoms with van der Waals surface area (Å²) in [5.41, 5.74) is 6.90. The molecule has 176 valence electrons. The van der Waals surface area contributed by atoms with Crippen molar-refractivity contribution >= 4 is 11.8 Å². The Morgan fingerprint density at radius 1 is 1.06 bits per heavy atom. The van der Waals surface area contributed by atoms with Crippen molar-refractivity contribution in [1.29, 1.82) is 0 Å². The fourth-order valence-corrected chi connectivity index (χ4v) is 5.36. The van der Waals surface area contributed by atoms with Crippen molar-refractivity contribution in [2.45, 2.75) is 50.2 Å². The molecule has 3 N–H and O–H groups in total. The third-order valence-electron chi connectivity index (χ3n) is 7.05. The first-order valence-electron chi connectivity index (χ1n) is 11.3. The minimum absolute atomic E-state index is 0.171. The highest BCUT2D eigenvalue weighted by Crippen LogP contribution is 2.43. The third kappa shape index (κ3) is 5.07. The number of benzene rings is 2. The molecule has 2 saturated heterocycles. The van der Waals surface area contributed by atoms with Crippen LogP contribution in [-0.2, 0) is 11.3 Å². The average Bonchev–Trinajstić information content (AvgIpc) is 3.04. The molecule has 2 aliphatic rings. The molecule has 2 amide bonds. The number of halogens is 2. The van der Waals surface area contributed by atoms with Gasteiger partial charge in [-0.05, 0) is 61.4 Å². The molecular weight excluding hydrogens is 428 g/mol. The Morgan fingerprint density at radius 2 is 1.70 bits per heavy atom. The van der Waals surface area contributed by atoms with Crippen LogP contribution in [0.3, 0.4) is 0 Å². The second kappa shape index (κ2) is 9.97. The first kappa shape index (κ1) is 23.3. The molecule has 2 bridgehead atoms. The van der Waals surface area contributed by atoms with Gasteiger partial charge in [0.05, 0.1) is 6.54 Å². The van der Waals surface area contributed by atoms with E-state index in [2.05, 4.69) is 4.90 Å². The lowest BCUT2D eigenvalue weighted by Crippen LogP contribution is -2.47. The van der Waals surface area contributed by atoms with Gasteiger partial charge in [0.25, 0.3) is 0 Å². The van der Waals surface area contributed by atoms with Gasteiger partial charge >= 0.3 is 0 Å². The first-order valence-corrected chi connectivity index (χ1v) is 11.3. The van der Waals surface area contributed by atoms with Crippen molar-refractivity contribution in [2.75, 3.05) is 19.7 Å². The molecule has 3 atom stereocenters. The summed E-state index contributed by atoms with van der Waals surface area (Å²) in [7, 11) is 0. The van der Waals surface area contributed by atoms with Crippen LogP contribution >= 0.6 is 0 Å². The summed E-state index contributed by atoms with van der Waals surface area (Å²) in [6.45, 7) is -0.0714. The van der Waals surface area contributed by atoms with Gasteiger partial charge in [-0.1, -0.05) is 18.2 Å². The Labute approximate surface area is 192 Å². The van der Waals surface area contributed by atoms with Crippen LogP contribution in [0.2, 0.25) is 0 Å². The molecule has 0 spiro atoms. The highest BCUT2D eigenvalue weighted by atomic mass is 19.1. The highest BCUT2D eigenvalue weighted by Gasteiger charge is 2.41. The maximum atomic E-state index is 14.1. The Bertz CT molecular complexity index is 997. The summed E-state index contributed by atoms with van der Waals surface area (Å²) in [6.07, 6.45) is 3.97. The van der Waals surface area contributed by atoms with Crippen molar-refractivity contribution in [3.05, 3.63) is 70.8 Å². The van der Waals surface area contributed by atoms with E-state index >= 15 is 0 Å². The number of hydrogen-bond acceptors (Lipinski definition) is 4. The topological polar surface area (TPSA) is 86.9 Å². The van der Waals surface area contributed by atoms with Crippen LogP contribution in [-0.4, -0.2) is 58.5 Å². The Morgan fingerprint density at radius 3 is 2.30 bits per heavy atom. The lowest BCUT2D eigenvalue weighted by Gasteiger charge is -2.40. The Hall–Kier alpha value is -2.84. The molecule has 0 saturated carbocycles. The van der Waals surface area contributed by atoms with E-state index in [-0.39, 0.29) is 18.7 Å². The summed E-state index contributed by atoms with van der Waals surface area (Å²) in [5, 5.41) is 9.37. The molecule has 0 aliphatic carbocycles. The summed E-state index contributed by atoms with van der Waals surface area (Å²) in [4.78, 5) is 27.5.